The van der Waals surface area contributed by atoms with Gasteiger partial charge in [-0.15, -0.1) is 0 Å². The lowest BCUT2D eigenvalue weighted by molar-refractivity contribution is 0.414. The second-order valence-electron chi connectivity index (χ2n) is 8.48. The van der Waals surface area contributed by atoms with Crippen LogP contribution in [0.4, 0.5) is 0 Å². The largest absolute Gasteiger partial charge is 0.508 e. The molecular formula is C28H22N2O3S. The first-order valence-corrected chi connectivity index (χ1v) is 12.0. The summed E-state index contributed by atoms with van der Waals surface area (Å²) in [5.41, 5.74) is 6.32. The maximum Gasteiger partial charge on any atom is 0.271 e. The Morgan fingerprint density at radius 1 is 1.06 bits per heavy atom. The average Bonchev–Trinajstić information content (AvgIpc) is 3.17. The van der Waals surface area contributed by atoms with E-state index in [1.54, 1.807) is 25.3 Å². The quantitative estimate of drug-likeness (QED) is 0.496. The Balaban J connectivity index is 1.61. The van der Waals surface area contributed by atoms with Crippen LogP contribution in [-0.2, 0) is 6.42 Å². The predicted molar refractivity (Wildman–Crippen MR) is 134 cm³/mol. The van der Waals surface area contributed by atoms with Crippen molar-refractivity contribution in [2.24, 2.45) is 4.99 Å². The van der Waals surface area contributed by atoms with Crippen LogP contribution in [0.5, 0.6) is 11.5 Å². The van der Waals surface area contributed by atoms with Crippen LogP contribution in [0.2, 0.25) is 0 Å². The van der Waals surface area contributed by atoms with Gasteiger partial charge in [0.05, 0.1) is 23.4 Å². The first-order valence-electron chi connectivity index (χ1n) is 11.2. The van der Waals surface area contributed by atoms with Gasteiger partial charge in [0.1, 0.15) is 11.5 Å². The van der Waals surface area contributed by atoms with Gasteiger partial charge in [-0.05, 0) is 65.4 Å². The van der Waals surface area contributed by atoms with Gasteiger partial charge >= 0.3 is 0 Å². The van der Waals surface area contributed by atoms with Crippen molar-refractivity contribution in [2.75, 3.05) is 7.11 Å². The molecule has 0 fully saturated rings. The minimum Gasteiger partial charge on any atom is -0.508 e. The minimum absolute atomic E-state index is 0.0710. The molecule has 4 aromatic rings. The van der Waals surface area contributed by atoms with E-state index in [-0.39, 0.29) is 17.4 Å². The van der Waals surface area contributed by atoms with E-state index in [4.69, 9.17) is 9.73 Å². The highest BCUT2D eigenvalue weighted by Crippen LogP contribution is 2.41. The zero-order valence-electron chi connectivity index (χ0n) is 18.6. The van der Waals surface area contributed by atoms with Crippen LogP contribution in [0.15, 0.2) is 88.2 Å². The molecule has 6 heteroatoms. The smallest absolute Gasteiger partial charge is 0.271 e. The number of thiazole rings is 1. The molecule has 34 heavy (non-hydrogen) atoms. The number of phenols is 1. The Bertz CT molecular complexity index is 1630. The lowest BCUT2D eigenvalue weighted by Gasteiger charge is -2.30. The normalized spacial score (nSPS) is 17.0. The fraction of sp³-hybridized carbons (Fsp3) is 0.143. The molecule has 1 aliphatic carbocycles. The van der Waals surface area contributed by atoms with Gasteiger partial charge in [-0.25, -0.2) is 4.99 Å². The van der Waals surface area contributed by atoms with Crippen molar-refractivity contribution in [2.45, 2.75) is 18.9 Å². The molecule has 1 aliphatic heterocycles. The number of hydrogen-bond acceptors (Lipinski definition) is 5. The van der Waals surface area contributed by atoms with E-state index < -0.39 is 0 Å². The van der Waals surface area contributed by atoms with E-state index in [9.17, 15) is 9.90 Å². The number of rotatable bonds is 3. The van der Waals surface area contributed by atoms with Crippen LogP contribution < -0.4 is 19.6 Å². The van der Waals surface area contributed by atoms with Gasteiger partial charge in [0.15, 0.2) is 4.80 Å². The number of phenolic OH excluding ortho intramolecular Hbond substituents is 1. The second kappa shape index (κ2) is 8.15. The predicted octanol–water partition coefficient (Wildman–Crippen LogP) is 4.03. The monoisotopic (exact) mass is 466 g/mol. The molecule has 0 radical (unpaired) electrons. The molecule has 0 spiro atoms. The molecule has 2 heterocycles. The van der Waals surface area contributed by atoms with E-state index in [0.29, 0.717) is 9.33 Å². The van der Waals surface area contributed by atoms with Crippen LogP contribution in [-0.4, -0.2) is 16.8 Å². The minimum atomic E-state index is -0.225. The zero-order chi connectivity index (χ0) is 23.2. The van der Waals surface area contributed by atoms with Crippen molar-refractivity contribution >= 4 is 23.1 Å². The number of benzene rings is 3. The maximum absolute atomic E-state index is 13.7. The van der Waals surface area contributed by atoms with Crippen LogP contribution in [0.1, 0.15) is 34.7 Å². The molecule has 0 unspecified atom stereocenters. The Hall–Kier alpha value is -3.90. The number of ether oxygens (including phenoxy) is 1. The van der Waals surface area contributed by atoms with Crippen molar-refractivity contribution in [3.8, 4) is 11.5 Å². The van der Waals surface area contributed by atoms with Crippen molar-refractivity contribution in [1.82, 2.24) is 4.57 Å². The molecule has 0 bridgehead atoms. The first-order chi connectivity index (χ1) is 16.6. The molecule has 1 atom stereocenters. The van der Waals surface area contributed by atoms with E-state index in [2.05, 4.69) is 18.2 Å². The SMILES string of the molecule is COc1ccc([C@@H]2C3=C(N=c4s/c(=C/c5cccc(O)c5)c(=O)n42)c2ccccc2CC3)cc1. The van der Waals surface area contributed by atoms with Gasteiger partial charge in [-0.1, -0.05) is 59.9 Å². The van der Waals surface area contributed by atoms with E-state index in [1.807, 2.05) is 47.0 Å². The van der Waals surface area contributed by atoms with E-state index >= 15 is 0 Å². The Morgan fingerprint density at radius 3 is 2.68 bits per heavy atom. The molecule has 1 N–H and O–H groups in total. The summed E-state index contributed by atoms with van der Waals surface area (Å²) < 4.78 is 7.78. The van der Waals surface area contributed by atoms with Crippen molar-refractivity contribution in [3.05, 3.63) is 120 Å². The molecule has 3 aromatic carbocycles. The van der Waals surface area contributed by atoms with Gasteiger partial charge in [-0.3, -0.25) is 9.36 Å². The van der Waals surface area contributed by atoms with Crippen molar-refractivity contribution in [3.63, 3.8) is 0 Å². The van der Waals surface area contributed by atoms with Crippen LogP contribution in [0, 0.1) is 0 Å². The number of nitrogens with zero attached hydrogens (tertiary/aromatic N) is 2. The molecule has 2 aliphatic rings. The van der Waals surface area contributed by atoms with Gasteiger partial charge in [0, 0.05) is 5.56 Å². The summed E-state index contributed by atoms with van der Waals surface area (Å²) in [5.74, 6) is 0.952. The Morgan fingerprint density at radius 2 is 1.88 bits per heavy atom. The van der Waals surface area contributed by atoms with Crippen LogP contribution >= 0.6 is 11.3 Å². The number of aromatic hydroxyl groups is 1. The van der Waals surface area contributed by atoms with Crippen LogP contribution in [0.3, 0.4) is 0 Å². The lowest BCUT2D eigenvalue weighted by atomic mass is 9.83. The summed E-state index contributed by atoms with van der Waals surface area (Å²) in [6, 6.07) is 23.0. The van der Waals surface area contributed by atoms with Crippen LogP contribution in [0.25, 0.3) is 11.8 Å². The second-order valence-corrected chi connectivity index (χ2v) is 9.49. The summed E-state index contributed by atoms with van der Waals surface area (Å²) in [4.78, 5) is 19.4. The molecule has 0 saturated heterocycles. The number of hydrogen-bond donors (Lipinski definition) is 1. The summed E-state index contributed by atoms with van der Waals surface area (Å²) in [7, 11) is 1.65. The number of aryl methyl sites for hydroxylation is 1. The van der Waals surface area contributed by atoms with Gasteiger partial charge in [0.25, 0.3) is 5.56 Å². The fourth-order valence-electron chi connectivity index (χ4n) is 4.87. The number of methoxy groups -OCH3 is 1. The van der Waals surface area contributed by atoms with Gasteiger partial charge in [-0.2, -0.15) is 0 Å². The number of fused-ring (bicyclic) bond motifs is 3. The van der Waals surface area contributed by atoms with Gasteiger partial charge < -0.3 is 9.84 Å². The van der Waals surface area contributed by atoms with Crippen molar-refractivity contribution < 1.29 is 9.84 Å². The third kappa shape index (κ3) is 3.38. The molecule has 0 saturated carbocycles. The number of allylic oxidation sites excluding steroid dienone is 1. The molecule has 1 aromatic heterocycles. The molecule has 5 nitrogen and oxygen atoms in total. The third-order valence-electron chi connectivity index (χ3n) is 6.47. The topological polar surface area (TPSA) is 63.8 Å². The summed E-state index contributed by atoms with van der Waals surface area (Å²) in [6.07, 6.45) is 3.60. The van der Waals surface area contributed by atoms with E-state index in [1.165, 1.54) is 22.5 Å². The molecule has 0 amide bonds. The standard InChI is InChI=1S/C28H22N2O3S/c1-33-21-12-9-19(10-13-21)26-23-14-11-18-6-2-3-8-22(18)25(23)29-28-30(26)27(32)24(34-28)16-17-5-4-7-20(31)15-17/h2-10,12-13,15-16,26,31H,11,14H2,1H3/b24-16+/t26-/m1/s1. The third-order valence-corrected chi connectivity index (χ3v) is 7.46. The Labute approximate surface area is 200 Å². The highest BCUT2D eigenvalue weighted by Gasteiger charge is 2.32. The van der Waals surface area contributed by atoms with Crippen molar-refractivity contribution in [1.29, 1.82) is 0 Å². The molecule has 168 valence electrons. The number of aromatic nitrogens is 1. The first kappa shape index (κ1) is 20.7. The van der Waals surface area contributed by atoms with Gasteiger partial charge in [0.2, 0.25) is 0 Å². The Kier molecular flexibility index (Phi) is 4.96. The lowest BCUT2D eigenvalue weighted by Crippen LogP contribution is -2.38. The maximum atomic E-state index is 13.7. The molecular weight excluding hydrogens is 444 g/mol. The van der Waals surface area contributed by atoms with E-state index in [0.717, 1.165) is 41.0 Å². The summed E-state index contributed by atoms with van der Waals surface area (Å²) in [5, 5.41) is 9.85. The molecule has 6 rings (SSSR count). The average molecular weight is 467 g/mol. The summed E-state index contributed by atoms with van der Waals surface area (Å²) >= 11 is 1.39. The highest BCUT2D eigenvalue weighted by atomic mass is 32.1. The fourth-order valence-corrected chi connectivity index (χ4v) is 5.88. The zero-order valence-corrected chi connectivity index (χ0v) is 19.4. The highest BCUT2D eigenvalue weighted by molar-refractivity contribution is 7.07. The summed E-state index contributed by atoms with van der Waals surface area (Å²) in [6.45, 7) is 0.